The van der Waals surface area contributed by atoms with E-state index >= 15 is 8.78 Å². The molecule has 1 aromatic carbocycles. The lowest BCUT2D eigenvalue weighted by Crippen LogP contribution is -2.64. The fourth-order valence-electron chi connectivity index (χ4n) is 7.47. The fraction of sp³-hybridized carbons (Fsp3) is 0.667. The molecule has 6 rings (SSSR count). The van der Waals surface area contributed by atoms with Gasteiger partial charge in [0.2, 0.25) is 11.8 Å². The van der Waals surface area contributed by atoms with Crippen LogP contribution in [0.1, 0.15) is 71.4 Å². The average molecular weight is 645 g/mol. The molecule has 13 heteroatoms. The number of methoxy groups -OCH3 is 1. The maximum absolute atomic E-state index is 16.0. The molecule has 3 aliphatic heterocycles. The zero-order valence-corrected chi connectivity index (χ0v) is 26.7. The van der Waals surface area contributed by atoms with Gasteiger partial charge in [-0.1, -0.05) is 20.3 Å². The van der Waals surface area contributed by atoms with Gasteiger partial charge in [0.05, 0.1) is 43.9 Å². The molecule has 0 unspecified atom stereocenters. The van der Waals surface area contributed by atoms with Gasteiger partial charge in [-0.15, -0.1) is 0 Å². The highest BCUT2D eigenvalue weighted by molar-refractivity contribution is 5.93. The maximum Gasteiger partial charge on any atom is 0.408 e. The van der Waals surface area contributed by atoms with Gasteiger partial charge in [-0.05, 0) is 57.1 Å². The van der Waals surface area contributed by atoms with Crippen molar-refractivity contribution in [1.29, 1.82) is 0 Å². The highest BCUT2D eigenvalue weighted by atomic mass is 19.3. The summed E-state index contributed by atoms with van der Waals surface area (Å²) in [6, 6.07) is 2.85. The van der Waals surface area contributed by atoms with E-state index in [0.717, 1.165) is 12.8 Å². The Morgan fingerprint density at radius 2 is 1.80 bits per heavy atom. The Hall–Kier alpha value is -3.61. The van der Waals surface area contributed by atoms with Crippen molar-refractivity contribution in [3.63, 3.8) is 0 Å². The molecule has 250 valence electrons. The smallest absolute Gasteiger partial charge is 0.408 e. The molecule has 1 saturated carbocycles. The van der Waals surface area contributed by atoms with Crippen LogP contribution in [-0.2, 0) is 25.0 Å². The second kappa shape index (κ2) is 12.5. The number of ether oxygens (including phenoxy) is 4. The summed E-state index contributed by atoms with van der Waals surface area (Å²) in [6.07, 6.45) is 1.31. The van der Waals surface area contributed by atoms with Crippen LogP contribution in [-0.4, -0.2) is 83.8 Å². The third-order valence-corrected chi connectivity index (χ3v) is 10.2. The van der Waals surface area contributed by atoms with Crippen molar-refractivity contribution in [2.24, 2.45) is 17.3 Å². The summed E-state index contributed by atoms with van der Waals surface area (Å²) >= 11 is 0. The molecule has 1 N–H and O–H groups in total. The first-order valence-electron chi connectivity index (χ1n) is 16.2. The van der Waals surface area contributed by atoms with Gasteiger partial charge in [0.25, 0.3) is 5.92 Å². The van der Waals surface area contributed by atoms with Gasteiger partial charge in [0, 0.05) is 23.8 Å². The number of aromatic nitrogens is 2. The van der Waals surface area contributed by atoms with Crippen LogP contribution in [0.5, 0.6) is 11.6 Å². The SMILES string of the molecule is COc1ccc2nc3c(nc2c1)O[C@H]1CN(C(=O)[C@H](C2(C)COC2)NC(=O)O[C@@H]2CCC[C@H]2CCCCC3(F)F)[C@H](C(C)=O)[C@@H]1C. The number of ketones is 1. The third-order valence-electron chi connectivity index (χ3n) is 10.2. The van der Waals surface area contributed by atoms with Crippen LogP contribution in [0.2, 0.25) is 0 Å². The van der Waals surface area contributed by atoms with Gasteiger partial charge >= 0.3 is 6.09 Å². The molecule has 1 aliphatic carbocycles. The van der Waals surface area contributed by atoms with Crippen LogP contribution in [0.3, 0.4) is 0 Å². The van der Waals surface area contributed by atoms with E-state index in [9.17, 15) is 14.4 Å². The van der Waals surface area contributed by atoms with Gasteiger partial charge in [-0.2, -0.15) is 8.78 Å². The van der Waals surface area contributed by atoms with Crippen molar-refractivity contribution >= 4 is 28.8 Å². The molecule has 1 aromatic heterocycles. The molecule has 11 nitrogen and oxygen atoms in total. The van der Waals surface area contributed by atoms with Gasteiger partial charge in [-0.3, -0.25) is 9.59 Å². The Balaban J connectivity index is 1.41. The molecule has 4 heterocycles. The maximum atomic E-state index is 16.0. The quantitative estimate of drug-likeness (QED) is 0.502. The van der Waals surface area contributed by atoms with Gasteiger partial charge < -0.3 is 29.2 Å². The van der Waals surface area contributed by atoms with Crippen molar-refractivity contribution in [2.75, 3.05) is 26.9 Å². The number of alkyl halides is 2. The number of rotatable bonds is 3. The molecule has 2 bridgehead atoms. The third kappa shape index (κ3) is 6.10. The topological polar surface area (TPSA) is 129 Å². The minimum atomic E-state index is -3.37. The number of fused-ring (bicyclic) bond motifs is 5. The van der Waals surface area contributed by atoms with Crippen molar-refractivity contribution < 1.29 is 42.1 Å². The van der Waals surface area contributed by atoms with Gasteiger partial charge in [-0.25, -0.2) is 14.8 Å². The Bertz CT molecular complexity index is 1500. The van der Waals surface area contributed by atoms with E-state index in [-0.39, 0.29) is 55.4 Å². The molecule has 2 aromatic rings. The number of nitrogens with zero attached hydrogens (tertiary/aromatic N) is 3. The second-order valence-electron chi connectivity index (χ2n) is 13.6. The second-order valence-corrected chi connectivity index (χ2v) is 13.6. The monoisotopic (exact) mass is 644 g/mol. The number of hydrogen-bond donors (Lipinski definition) is 1. The summed E-state index contributed by atoms with van der Waals surface area (Å²) in [4.78, 5) is 50.8. The van der Waals surface area contributed by atoms with E-state index in [1.54, 1.807) is 25.1 Å². The molecule has 2 amide bonds. The van der Waals surface area contributed by atoms with Crippen molar-refractivity contribution in [2.45, 2.75) is 95.9 Å². The lowest BCUT2D eigenvalue weighted by atomic mass is 9.79. The Morgan fingerprint density at radius 3 is 2.50 bits per heavy atom. The summed E-state index contributed by atoms with van der Waals surface area (Å²) in [6.45, 7) is 5.35. The summed E-state index contributed by atoms with van der Waals surface area (Å²) in [5, 5.41) is 2.82. The molecule has 2 saturated heterocycles. The Morgan fingerprint density at radius 1 is 1.04 bits per heavy atom. The van der Waals surface area contributed by atoms with Crippen LogP contribution in [0, 0.1) is 17.3 Å². The highest BCUT2D eigenvalue weighted by Gasteiger charge is 2.53. The van der Waals surface area contributed by atoms with E-state index in [2.05, 4.69) is 15.3 Å². The molecule has 3 fully saturated rings. The van der Waals surface area contributed by atoms with E-state index in [1.807, 2.05) is 6.92 Å². The number of carbonyl (C=O) groups excluding carboxylic acids is 3. The van der Waals surface area contributed by atoms with Crippen molar-refractivity contribution in [3.8, 4) is 11.6 Å². The Labute approximate surface area is 266 Å². The number of nitrogens with one attached hydrogen (secondary N) is 1. The number of Topliss-reactive ketones (excluding diaryl/α,β-unsaturated/α-hetero) is 1. The van der Waals surface area contributed by atoms with Crippen molar-refractivity contribution in [1.82, 2.24) is 20.2 Å². The standard InChI is InChI=1S/C33H42F2N4O7/c1-18-25-15-39(26(18)19(2)40)30(41)28(32(3)16-44-17-32)38-31(42)46-24-10-7-9-20(24)8-5-6-13-33(34,35)27-29(45-25)37-23-14-21(43-4)11-12-22(23)36-27/h11-12,14,18,20,24-26,28H,5-10,13,15-17H2,1-4H3,(H,38,42)/t18-,20-,24-,25+,26+,28-/m1/s1. The lowest BCUT2D eigenvalue weighted by molar-refractivity contribution is -0.158. The first-order chi connectivity index (χ1) is 21.9. The molecular weight excluding hydrogens is 602 g/mol. The van der Waals surface area contributed by atoms with E-state index < -0.39 is 59.6 Å². The number of hydrogen-bond acceptors (Lipinski definition) is 9. The molecular formula is C33H42F2N4O7. The predicted octanol–water partition coefficient (Wildman–Crippen LogP) is 4.79. The van der Waals surface area contributed by atoms with E-state index in [1.165, 1.54) is 18.9 Å². The molecule has 46 heavy (non-hydrogen) atoms. The highest BCUT2D eigenvalue weighted by Crippen LogP contribution is 2.42. The molecule has 6 atom stereocenters. The summed E-state index contributed by atoms with van der Waals surface area (Å²) in [5.41, 5.74) is -0.726. The summed E-state index contributed by atoms with van der Waals surface area (Å²) < 4.78 is 54.9. The van der Waals surface area contributed by atoms with E-state index in [4.69, 9.17) is 18.9 Å². The first-order valence-corrected chi connectivity index (χ1v) is 16.2. The first kappa shape index (κ1) is 32.3. The predicted molar refractivity (Wildman–Crippen MR) is 162 cm³/mol. The van der Waals surface area contributed by atoms with Gasteiger partial charge in [0.1, 0.15) is 24.0 Å². The molecule has 0 radical (unpaired) electrons. The minimum absolute atomic E-state index is 0.0339. The van der Waals surface area contributed by atoms with Gasteiger partial charge in [0.15, 0.2) is 11.5 Å². The van der Waals surface area contributed by atoms with Crippen LogP contribution >= 0.6 is 0 Å². The van der Waals surface area contributed by atoms with Crippen LogP contribution in [0.15, 0.2) is 18.2 Å². The normalized spacial score (nSPS) is 31.3. The molecule has 0 spiro atoms. The number of alkyl carbamates (subject to hydrolysis) is 1. The number of carbonyl (C=O) groups is 3. The lowest BCUT2D eigenvalue weighted by Gasteiger charge is -2.45. The number of amides is 2. The Kier molecular flexibility index (Phi) is 8.81. The summed E-state index contributed by atoms with van der Waals surface area (Å²) in [5.74, 6) is -4.54. The average Bonchev–Trinajstić information content (AvgIpc) is 3.58. The minimum Gasteiger partial charge on any atom is -0.497 e. The van der Waals surface area contributed by atoms with Crippen molar-refractivity contribution in [3.05, 3.63) is 23.9 Å². The molecule has 4 aliphatic rings. The largest absolute Gasteiger partial charge is 0.497 e. The zero-order chi connectivity index (χ0) is 32.8. The fourth-order valence-corrected chi connectivity index (χ4v) is 7.47. The number of halogens is 2. The summed E-state index contributed by atoms with van der Waals surface area (Å²) in [7, 11) is 1.49. The van der Waals surface area contributed by atoms with Crippen LogP contribution in [0.25, 0.3) is 11.0 Å². The van der Waals surface area contributed by atoms with Crippen LogP contribution in [0.4, 0.5) is 13.6 Å². The number of benzene rings is 1. The van der Waals surface area contributed by atoms with Crippen LogP contribution < -0.4 is 14.8 Å². The zero-order valence-electron chi connectivity index (χ0n) is 26.7. The van der Waals surface area contributed by atoms with E-state index in [0.29, 0.717) is 30.5 Å².